The van der Waals surface area contributed by atoms with Crippen LogP contribution in [-0.4, -0.2) is 26.7 Å². The van der Waals surface area contributed by atoms with Crippen molar-refractivity contribution in [3.63, 3.8) is 0 Å². The Morgan fingerprint density at radius 1 is 1.07 bits per heavy atom. The first-order chi connectivity index (χ1) is 14.1. The normalized spacial score (nSPS) is 15.2. The van der Waals surface area contributed by atoms with E-state index in [1.165, 1.54) is 12.1 Å². The third kappa shape index (κ3) is 3.31. The monoisotopic (exact) mass is 386 g/mol. The molecule has 6 heteroatoms. The van der Waals surface area contributed by atoms with Gasteiger partial charge in [-0.3, -0.25) is 9.79 Å². The third-order valence-electron chi connectivity index (χ3n) is 5.48. The lowest BCUT2D eigenvalue weighted by Gasteiger charge is -2.29. The van der Waals surface area contributed by atoms with Crippen LogP contribution in [0.15, 0.2) is 53.8 Å². The molecule has 0 N–H and O–H groups in total. The molecule has 0 aliphatic carbocycles. The van der Waals surface area contributed by atoms with Crippen LogP contribution in [0.1, 0.15) is 38.9 Å². The van der Waals surface area contributed by atoms with Crippen LogP contribution in [0, 0.1) is 12.7 Å². The van der Waals surface area contributed by atoms with Crippen molar-refractivity contribution in [1.29, 1.82) is 0 Å². The lowest BCUT2D eigenvalue weighted by atomic mass is 9.91. The second-order valence-electron chi connectivity index (χ2n) is 7.64. The molecule has 0 bridgehead atoms. The number of rotatable bonds is 3. The molecule has 0 saturated heterocycles. The zero-order valence-corrected chi connectivity index (χ0v) is 16.0. The topological polar surface area (TPSA) is 58.5 Å². The van der Waals surface area contributed by atoms with Crippen LogP contribution >= 0.6 is 0 Å². The minimum absolute atomic E-state index is 0.0665. The summed E-state index contributed by atoms with van der Waals surface area (Å²) in [4.78, 5) is 19.2. The van der Waals surface area contributed by atoms with E-state index in [-0.39, 0.29) is 11.7 Å². The van der Waals surface area contributed by atoms with Crippen LogP contribution in [0.2, 0.25) is 0 Å². The smallest absolute Gasteiger partial charge is 0.227 e. The molecule has 0 fully saturated rings. The van der Waals surface area contributed by atoms with Gasteiger partial charge in [0.1, 0.15) is 5.82 Å². The van der Waals surface area contributed by atoms with Crippen molar-refractivity contribution >= 4 is 11.6 Å². The van der Waals surface area contributed by atoms with E-state index in [0.717, 1.165) is 44.7 Å². The minimum atomic E-state index is -0.269. The van der Waals surface area contributed by atoms with Gasteiger partial charge in [0.05, 0.1) is 31.1 Å². The Morgan fingerprint density at radius 2 is 1.97 bits per heavy atom. The van der Waals surface area contributed by atoms with Gasteiger partial charge in [0, 0.05) is 24.2 Å². The summed E-state index contributed by atoms with van der Waals surface area (Å²) in [5.41, 5.74) is 7.93. The lowest BCUT2D eigenvalue weighted by molar-refractivity contribution is -0.132. The maximum atomic E-state index is 13.7. The largest absolute Gasteiger partial charge is 0.334 e. The molecule has 3 aromatic rings. The maximum Gasteiger partial charge on any atom is 0.227 e. The summed E-state index contributed by atoms with van der Waals surface area (Å²) < 4.78 is 13.7. The number of nitrogens with zero attached hydrogens (tertiary/aromatic N) is 4. The summed E-state index contributed by atoms with van der Waals surface area (Å²) in [6.07, 6.45) is 3.74. The molecule has 29 heavy (non-hydrogen) atoms. The Balaban J connectivity index is 1.45. The number of amides is 1. The SMILES string of the molecule is Cc1cc(F)cc(CN2Cc3cc4c(cc3CC2=O)CN=C4c2ccnnc2)c1. The first-order valence-electron chi connectivity index (χ1n) is 9.57. The van der Waals surface area contributed by atoms with Crippen LogP contribution in [0.3, 0.4) is 0 Å². The molecule has 3 heterocycles. The van der Waals surface area contributed by atoms with Crippen LogP contribution < -0.4 is 0 Å². The van der Waals surface area contributed by atoms with Gasteiger partial charge in [-0.05, 0) is 59.0 Å². The Bertz CT molecular complexity index is 1140. The average molecular weight is 386 g/mol. The second-order valence-corrected chi connectivity index (χ2v) is 7.64. The van der Waals surface area contributed by atoms with Gasteiger partial charge in [-0.25, -0.2) is 4.39 Å². The zero-order valence-electron chi connectivity index (χ0n) is 16.0. The molecule has 0 spiro atoms. The predicted octanol–water partition coefficient (Wildman–Crippen LogP) is 3.36. The Hall–Kier alpha value is -3.41. The van der Waals surface area contributed by atoms with Gasteiger partial charge in [0.2, 0.25) is 5.91 Å². The first-order valence-corrected chi connectivity index (χ1v) is 9.57. The summed E-state index contributed by atoms with van der Waals surface area (Å²) in [5.74, 6) is -0.202. The fourth-order valence-electron chi connectivity index (χ4n) is 4.17. The number of hydrogen-bond acceptors (Lipinski definition) is 4. The number of aromatic nitrogens is 2. The number of aliphatic imine (C=N–C) groups is 1. The molecule has 0 atom stereocenters. The fourth-order valence-corrected chi connectivity index (χ4v) is 4.17. The Kier molecular flexibility index (Phi) is 4.19. The maximum absolute atomic E-state index is 13.7. The molecule has 0 unspecified atom stereocenters. The van der Waals surface area contributed by atoms with E-state index in [1.54, 1.807) is 17.3 Å². The standard InChI is InChI=1S/C23H19FN4O/c1-14-4-15(6-20(24)5-14)12-28-13-19-8-21-18(7-17(19)9-22(28)29)10-25-23(21)16-2-3-26-27-11-16/h2-8,11H,9-10,12-13H2,1H3. The van der Waals surface area contributed by atoms with E-state index in [1.807, 2.05) is 19.1 Å². The molecule has 1 aromatic heterocycles. The second kappa shape index (κ2) is 6.88. The highest BCUT2D eigenvalue weighted by Gasteiger charge is 2.27. The van der Waals surface area contributed by atoms with Crippen LogP contribution in [0.5, 0.6) is 0 Å². The van der Waals surface area contributed by atoms with Gasteiger partial charge in [-0.15, -0.1) is 0 Å². The van der Waals surface area contributed by atoms with E-state index in [9.17, 15) is 9.18 Å². The summed E-state index contributed by atoms with van der Waals surface area (Å²) in [6.45, 7) is 3.39. The van der Waals surface area contributed by atoms with E-state index >= 15 is 0 Å². The fraction of sp³-hybridized carbons (Fsp3) is 0.217. The molecule has 1 amide bonds. The molecule has 2 aliphatic rings. The van der Waals surface area contributed by atoms with Crippen molar-refractivity contribution in [3.8, 4) is 0 Å². The molecular weight excluding hydrogens is 367 g/mol. The first kappa shape index (κ1) is 17.7. The number of halogens is 1. The van der Waals surface area contributed by atoms with Crippen molar-refractivity contribution < 1.29 is 9.18 Å². The van der Waals surface area contributed by atoms with Crippen molar-refractivity contribution in [2.45, 2.75) is 33.0 Å². The van der Waals surface area contributed by atoms with Crippen LogP contribution in [0.25, 0.3) is 0 Å². The summed E-state index contributed by atoms with van der Waals surface area (Å²) >= 11 is 0. The van der Waals surface area contributed by atoms with Gasteiger partial charge < -0.3 is 4.90 Å². The Labute approximate surface area is 167 Å². The van der Waals surface area contributed by atoms with Crippen molar-refractivity contribution in [2.75, 3.05) is 0 Å². The Morgan fingerprint density at radius 3 is 2.76 bits per heavy atom. The molecule has 144 valence electrons. The van der Waals surface area contributed by atoms with Gasteiger partial charge in [0.15, 0.2) is 0 Å². The van der Waals surface area contributed by atoms with Gasteiger partial charge in [-0.2, -0.15) is 10.2 Å². The van der Waals surface area contributed by atoms with Gasteiger partial charge in [0.25, 0.3) is 0 Å². The highest BCUT2D eigenvalue weighted by molar-refractivity contribution is 6.15. The molecule has 5 nitrogen and oxygen atoms in total. The summed E-state index contributed by atoms with van der Waals surface area (Å²) in [5, 5.41) is 7.80. The van der Waals surface area contributed by atoms with E-state index < -0.39 is 0 Å². The minimum Gasteiger partial charge on any atom is -0.334 e. The molecule has 0 saturated carbocycles. The molecular formula is C23H19FN4O. The third-order valence-corrected chi connectivity index (χ3v) is 5.48. The molecule has 5 rings (SSSR count). The number of hydrogen-bond donors (Lipinski definition) is 0. The number of carbonyl (C=O) groups excluding carboxylic acids is 1. The summed E-state index contributed by atoms with van der Waals surface area (Å²) in [7, 11) is 0. The highest BCUT2D eigenvalue weighted by atomic mass is 19.1. The van der Waals surface area contributed by atoms with Crippen molar-refractivity contribution in [3.05, 3.63) is 93.6 Å². The number of carbonyl (C=O) groups is 1. The van der Waals surface area contributed by atoms with E-state index in [0.29, 0.717) is 26.1 Å². The lowest BCUT2D eigenvalue weighted by Crippen LogP contribution is -2.36. The number of aryl methyl sites for hydroxylation is 1. The predicted molar refractivity (Wildman–Crippen MR) is 107 cm³/mol. The summed E-state index contributed by atoms with van der Waals surface area (Å²) in [6, 6.07) is 11.1. The molecule has 2 aliphatic heterocycles. The van der Waals surface area contributed by atoms with E-state index in [2.05, 4.69) is 27.3 Å². The van der Waals surface area contributed by atoms with Gasteiger partial charge >= 0.3 is 0 Å². The number of fused-ring (bicyclic) bond motifs is 2. The average Bonchev–Trinajstić information content (AvgIpc) is 3.09. The highest BCUT2D eigenvalue weighted by Crippen LogP contribution is 2.30. The quantitative estimate of drug-likeness (QED) is 0.694. The van der Waals surface area contributed by atoms with Crippen LogP contribution in [-0.2, 0) is 30.8 Å². The molecule has 0 radical (unpaired) electrons. The zero-order chi connectivity index (χ0) is 20.0. The molecule has 2 aromatic carbocycles. The number of benzene rings is 2. The van der Waals surface area contributed by atoms with Crippen molar-refractivity contribution in [2.24, 2.45) is 4.99 Å². The van der Waals surface area contributed by atoms with E-state index in [4.69, 9.17) is 0 Å². The van der Waals surface area contributed by atoms with Crippen molar-refractivity contribution in [1.82, 2.24) is 15.1 Å². The van der Waals surface area contributed by atoms with Gasteiger partial charge in [-0.1, -0.05) is 12.1 Å². The van der Waals surface area contributed by atoms with Crippen LogP contribution in [0.4, 0.5) is 4.39 Å².